The first-order valence-corrected chi connectivity index (χ1v) is 4.43. The molecular formula is C11H11F3O2. The molecule has 2 nitrogen and oxygen atoms in total. The molecule has 5 heteroatoms. The van der Waals surface area contributed by atoms with Gasteiger partial charge in [-0.05, 0) is 23.8 Å². The Morgan fingerprint density at radius 2 is 1.50 bits per heavy atom. The Kier molecular flexibility index (Phi) is 3.82. The zero-order chi connectivity index (χ0) is 12.2. The molecule has 0 saturated carbocycles. The normalized spacial score (nSPS) is 11.8. The van der Waals surface area contributed by atoms with E-state index in [1.165, 1.54) is 26.4 Å². The molecule has 88 valence electrons. The molecule has 0 aliphatic carbocycles. The summed E-state index contributed by atoms with van der Waals surface area (Å²) in [6, 6.07) is 4.57. The van der Waals surface area contributed by atoms with Crippen molar-refractivity contribution < 1.29 is 22.6 Å². The Balaban J connectivity index is 3.00. The summed E-state index contributed by atoms with van der Waals surface area (Å²) < 4.78 is 45.7. The molecule has 0 aliphatic rings. The van der Waals surface area contributed by atoms with Gasteiger partial charge in [-0.2, -0.15) is 13.2 Å². The van der Waals surface area contributed by atoms with E-state index in [4.69, 9.17) is 9.47 Å². The fourth-order valence-corrected chi connectivity index (χ4v) is 1.12. The first-order valence-electron chi connectivity index (χ1n) is 4.43. The molecule has 0 unspecified atom stereocenters. The van der Waals surface area contributed by atoms with Crippen molar-refractivity contribution in [2.75, 3.05) is 14.2 Å². The first-order chi connectivity index (χ1) is 7.44. The third-order valence-electron chi connectivity index (χ3n) is 1.84. The molecule has 0 aromatic heterocycles. The van der Waals surface area contributed by atoms with Crippen molar-refractivity contribution in [1.82, 2.24) is 0 Å². The highest BCUT2D eigenvalue weighted by atomic mass is 19.4. The SMILES string of the molecule is COc1cc(/C=C/C(F)(F)F)cc(OC)c1. The van der Waals surface area contributed by atoms with Crippen molar-refractivity contribution in [2.45, 2.75) is 6.18 Å². The summed E-state index contributed by atoms with van der Waals surface area (Å²) in [6.45, 7) is 0. The second kappa shape index (κ2) is 4.92. The lowest BCUT2D eigenvalue weighted by atomic mass is 10.2. The van der Waals surface area contributed by atoms with Crippen LogP contribution in [0.5, 0.6) is 11.5 Å². The number of methoxy groups -OCH3 is 2. The summed E-state index contributed by atoms with van der Waals surface area (Å²) in [6.07, 6.45) is -3.19. The highest BCUT2D eigenvalue weighted by Crippen LogP contribution is 2.25. The van der Waals surface area contributed by atoms with Gasteiger partial charge in [0, 0.05) is 12.1 Å². The summed E-state index contributed by atoms with van der Waals surface area (Å²) in [7, 11) is 2.87. The molecule has 0 aliphatic heterocycles. The molecule has 0 spiro atoms. The van der Waals surface area contributed by atoms with Gasteiger partial charge in [-0.25, -0.2) is 0 Å². The van der Waals surface area contributed by atoms with Gasteiger partial charge in [0.05, 0.1) is 14.2 Å². The average molecular weight is 232 g/mol. The number of halogens is 3. The predicted octanol–water partition coefficient (Wildman–Crippen LogP) is 3.28. The van der Waals surface area contributed by atoms with E-state index < -0.39 is 6.18 Å². The van der Waals surface area contributed by atoms with Crippen molar-refractivity contribution in [2.24, 2.45) is 0 Å². The van der Waals surface area contributed by atoms with Gasteiger partial charge in [0.1, 0.15) is 11.5 Å². The van der Waals surface area contributed by atoms with Crippen molar-refractivity contribution >= 4 is 6.08 Å². The fourth-order valence-electron chi connectivity index (χ4n) is 1.12. The third-order valence-corrected chi connectivity index (χ3v) is 1.84. The highest BCUT2D eigenvalue weighted by molar-refractivity contribution is 5.55. The fraction of sp³-hybridized carbons (Fsp3) is 0.273. The van der Waals surface area contributed by atoms with Crippen LogP contribution in [-0.2, 0) is 0 Å². The van der Waals surface area contributed by atoms with Gasteiger partial charge >= 0.3 is 6.18 Å². The van der Waals surface area contributed by atoms with Crippen molar-refractivity contribution in [3.8, 4) is 11.5 Å². The molecule has 1 rings (SSSR count). The highest BCUT2D eigenvalue weighted by Gasteiger charge is 2.21. The van der Waals surface area contributed by atoms with E-state index >= 15 is 0 Å². The lowest BCUT2D eigenvalue weighted by molar-refractivity contribution is -0.0790. The van der Waals surface area contributed by atoms with E-state index in [9.17, 15) is 13.2 Å². The maximum Gasteiger partial charge on any atom is 0.409 e. The lowest BCUT2D eigenvalue weighted by Crippen LogP contribution is -2.00. The average Bonchev–Trinajstić information content (AvgIpc) is 2.25. The van der Waals surface area contributed by atoms with Gasteiger partial charge in [0.15, 0.2) is 0 Å². The summed E-state index contributed by atoms with van der Waals surface area (Å²) in [4.78, 5) is 0. The Labute approximate surface area is 91.3 Å². The van der Waals surface area contributed by atoms with Crippen molar-refractivity contribution in [3.05, 3.63) is 29.8 Å². The summed E-state index contributed by atoms with van der Waals surface area (Å²) in [5, 5.41) is 0. The maximum atomic E-state index is 12.0. The van der Waals surface area contributed by atoms with E-state index in [0.29, 0.717) is 17.1 Å². The minimum absolute atomic E-state index is 0.168. The van der Waals surface area contributed by atoms with Crippen LogP contribution in [0, 0.1) is 0 Å². The Hall–Kier alpha value is -1.65. The van der Waals surface area contributed by atoms with E-state index in [2.05, 4.69) is 0 Å². The largest absolute Gasteiger partial charge is 0.497 e. The number of alkyl halides is 3. The maximum absolute atomic E-state index is 12.0. The Morgan fingerprint density at radius 1 is 1.00 bits per heavy atom. The summed E-state index contributed by atoms with van der Waals surface area (Å²) >= 11 is 0. The standard InChI is InChI=1S/C11H11F3O2/c1-15-9-5-8(3-4-11(12,13)14)6-10(7-9)16-2/h3-7H,1-2H3/b4-3+. The molecule has 0 amide bonds. The number of hydrogen-bond donors (Lipinski definition) is 0. The van der Waals surface area contributed by atoms with E-state index in [1.54, 1.807) is 6.07 Å². The molecule has 0 fully saturated rings. The van der Waals surface area contributed by atoms with Crippen LogP contribution in [0.2, 0.25) is 0 Å². The third kappa shape index (κ3) is 3.84. The van der Waals surface area contributed by atoms with Crippen LogP contribution in [0.1, 0.15) is 5.56 Å². The number of benzene rings is 1. The van der Waals surface area contributed by atoms with Crippen LogP contribution >= 0.6 is 0 Å². The van der Waals surface area contributed by atoms with Crippen molar-refractivity contribution in [1.29, 1.82) is 0 Å². The minimum atomic E-state index is -4.32. The second-order valence-electron chi connectivity index (χ2n) is 3.02. The van der Waals surface area contributed by atoms with Crippen LogP contribution < -0.4 is 9.47 Å². The van der Waals surface area contributed by atoms with Crippen LogP contribution in [0.4, 0.5) is 13.2 Å². The number of rotatable bonds is 3. The Bertz CT molecular complexity index is 361. The molecule has 1 aromatic carbocycles. The minimum Gasteiger partial charge on any atom is -0.497 e. The molecular weight excluding hydrogens is 221 g/mol. The number of allylic oxidation sites excluding steroid dienone is 1. The van der Waals surface area contributed by atoms with Gasteiger partial charge in [0.2, 0.25) is 0 Å². The van der Waals surface area contributed by atoms with E-state index in [1.807, 2.05) is 0 Å². The molecule has 0 heterocycles. The van der Waals surface area contributed by atoms with E-state index in [0.717, 1.165) is 6.08 Å². The van der Waals surface area contributed by atoms with Gasteiger partial charge in [-0.3, -0.25) is 0 Å². The quantitative estimate of drug-likeness (QED) is 0.796. The molecule has 0 radical (unpaired) electrons. The molecule has 0 bridgehead atoms. The molecule has 16 heavy (non-hydrogen) atoms. The van der Waals surface area contributed by atoms with Crippen molar-refractivity contribution in [3.63, 3.8) is 0 Å². The zero-order valence-corrected chi connectivity index (χ0v) is 8.84. The molecule has 0 saturated heterocycles. The Morgan fingerprint density at radius 3 is 1.88 bits per heavy atom. The second-order valence-corrected chi connectivity index (χ2v) is 3.02. The van der Waals surface area contributed by atoms with Crippen LogP contribution in [0.3, 0.4) is 0 Å². The predicted molar refractivity (Wildman–Crippen MR) is 54.6 cm³/mol. The molecule has 0 N–H and O–H groups in total. The lowest BCUT2D eigenvalue weighted by Gasteiger charge is -2.06. The molecule has 0 atom stereocenters. The number of ether oxygens (including phenoxy) is 2. The van der Waals surface area contributed by atoms with Crippen LogP contribution in [-0.4, -0.2) is 20.4 Å². The smallest absolute Gasteiger partial charge is 0.409 e. The van der Waals surface area contributed by atoms with Crippen LogP contribution in [0.15, 0.2) is 24.3 Å². The number of hydrogen-bond acceptors (Lipinski definition) is 2. The summed E-state index contributed by atoms with van der Waals surface area (Å²) in [5.74, 6) is 0.891. The van der Waals surface area contributed by atoms with Crippen LogP contribution in [0.25, 0.3) is 6.08 Å². The van der Waals surface area contributed by atoms with Gasteiger partial charge in [-0.15, -0.1) is 0 Å². The van der Waals surface area contributed by atoms with Gasteiger partial charge in [0.25, 0.3) is 0 Å². The molecule has 1 aromatic rings. The topological polar surface area (TPSA) is 18.5 Å². The van der Waals surface area contributed by atoms with Gasteiger partial charge < -0.3 is 9.47 Å². The monoisotopic (exact) mass is 232 g/mol. The summed E-state index contributed by atoms with van der Waals surface area (Å²) in [5.41, 5.74) is 0.369. The zero-order valence-electron chi connectivity index (χ0n) is 8.84. The van der Waals surface area contributed by atoms with E-state index in [-0.39, 0.29) is 6.08 Å². The first kappa shape index (κ1) is 12.4. The van der Waals surface area contributed by atoms with Gasteiger partial charge in [-0.1, -0.05) is 0 Å².